The molecule has 0 fully saturated rings. The van der Waals surface area contributed by atoms with Crippen molar-refractivity contribution >= 4 is 11.3 Å². The van der Waals surface area contributed by atoms with E-state index < -0.39 is 0 Å². The van der Waals surface area contributed by atoms with E-state index in [0.29, 0.717) is 30.3 Å². The number of benzene rings is 1. The van der Waals surface area contributed by atoms with Gasteiger partial charge in [-0.2, -0.15) is 0 Å². The Morgan fingerprint density at radius 1 is 1.10 bits per heavy atom. The van der Waals surface area contributed by atoms with Crippen LogP contribution in [-0.4, -0.2) is 26.3 Å². The monoisotopic (exact) mass is 310 g/mol. The molecule has 0 radical (unpaired) electrons. The highest BCUT2D eigenvalue weighted by Crippen LogP contribution is 2.38. The van der Waals surface area contributed by atoms with Crippen molar-refractivity contribution < 1.29 is 14.2 Å². The van der Waals surface area contributed by atoms with Gasteiger partial charge in [-0.3, -0.25) is 4.79 Å². The number of aromatic amines is 1. The van der Waals surface area contributed by atoms with Crippen molar-refractivity contribution in [3.63, 3.8) is 0 Å². The lowest BCUT2D eigenvalue weighted by atomic mass is 10.1. The number of rotatable bonds is 7. The maximum Gasteiger partial charge on any atom is 0.304 e. The van der Waals surface area contributed by atoms with E-state index in [1.54, 1.807) is 21.3 Å². The van der Waals surface area contributed by atoms with Crippen LogP contribution in [0.2, 0.25) is 0 Å². The molecule has 0 unspecified atom stereocenters. The van der Waals surface area contributed by atoms with Crippen LogP contribution in [0.15, 0.2) is 22.3 Å². The Kier molecular flexibility index (Phi) is 5.24. The molecule has 0 bridgehead atoms. The number of aromatic nitrogens is 1. The molecule has 2 rings (SSSR count). The predicted octanol–water partition coefficient (Wildman–Crippen LogP) is 1.75. The maximum absolute atomic E-state index is 11.0. The summed E-state index contributed by atoms with van der Waals surface area (Å²) in [5, 5.41) is 5.07. The number of ether oxygens (including phenoxy) is 3. The summed E-state index contributed by atoms with van der Waals surface area (Å²) in [5.74, 6) is 1.82. The standard InChI is InChI=1S/C14H18N2O4S/c1-18-11-4-9(5-12(19-2)13(11)20-3)6-15-7-10-8-21-14(17)16-10/h4-5,8,15H,6-7H2,1-3H3,(H,16,17). The molecule has 1 heterocycles. The van der Waals surface area contributed by atoms with Crippen LogP contribution >= 0.6 is 11.3 Å². The average molecular weight is 310 g/mol. The van der Waals surface area contributed by atoms with Gasteiger partial charge in [0, 0.05) is 24.2 Å². The lowest BCUT2D eigenvalue weighted by Crippen LogP contribution is -2.14. The Morgan fingerprint density at radius 3 is 2.24 bits per heavy atom. The van der Waals surface area contributed by atoms with Gasteiger partial charge in [0.25, 0.3) is 0 Å². The van der Waals surface area contributed by atoms with E-state index >= 15 is 0 Å². The molecule has 0 saturated carbocycles. The number of thiazole rings is 1. The maximum atomic E-state index is 11.0. The highest BCUT2D eigenvalue weighted by Gasteiger charge is 2.12. The second kappa shape index (κ2) is 7.14. The molecule has 0 aliphatic heterocycles. The number of nitrogens with one attached hydrogen (secondary N) is 2. The first-order valence-corrected chi connectivity index (χ1v) is 7.22. The molecular formula is C14H18N2O4S. The van der Waals surface area contributed by atoms with Crippen molar-refractivity contribution in [2.45, 2.75) is 13.1 Å². The van der Waals surface area contributed by atoms with Crippen LogP contribution in [-0.2, 0) is 13.1 Å². The van der Waals surface area contributed by atoms with Crippen LogP contribution < -0.4 is 24.4 Å². The van der Waals surface area contributed by atoms with Gasteiger partial charge in [-0.05, 0) is 17.7 Å². The van der Waals surface area contributed by atoms with Crippen LogP contribution in [0.3, 0.4) is 0 Å². The van der Waals surface area contributed by atoms with Crippen LogP contribution in [0, 0.1) is 0 Å². The molecule has 21 heavy (non-hydrogen) atoms. The van der Waals surface area contributed by atoms with Gasteiger partial charge in [-0.25, -0.2) is 0 Å². The molecule has 7 heteroatoms. The number of methoxy groups -OCH3 is 3. The molecule has 0 atom stereocenters. The zero-order valence-corrected chi connectivity index (χ0v) is 13.0. The van der Waals surface area contributed by atoms with Crippen molar-refractivity contribution in [1.82, 2.24) is 10.3 Å². The van der Waals surface area contributed by atoms with E-state index in [9.17, 15) is 4.79 Å². The first-order chi connectivity index (χ1) is 10.2. The van der Waals surface area contributed by atoms with Gasteiger partial charge in [0.15, 0.2) is 11.5 Å². The zero-order valence-electron chi connectivity index (χ0n) is 12.2. The van der Waals surface area contributed by atoms with Crippen molar-refractivity contribution in [2.24, 2.45) is 0 Å². The number of hydrogen-bond donors (Lipinski definition) is 2. The first kappa shape index (κ1) is 15.4. The Morgan fingerprint density at radius 2 is 1.76 bits per heavy atom. The summed E-state index contributed by atoms with van der Waals surface area (Å²) in [5.41, 5.74) is 1.87. The van der Waals surface area contributed by atoms with E-state index in [2.05, 4.69) is 10.3 Å². The Labute approximate surface area is 126 Å². The third-order valence-corrected chi connectivity index (χ3v) is 3.66. The van der Waals surface area contributed by atoms with Gasteiger partial charge < -0.3 is 24.5 Å². The fourth-order valence-electron chi connectivity index (χ4n) is 1.98. The topological polar surface area (TPSA) is 72.6 Å². The van der Waals surface area contributed by atoms with E-state index in [4.69, 9.17) is 14.2 Å². The molecule has 2 aromatic rings. The predicted molar refractivity (Wildman–Crippen MR) is 81.6 cm³/mol. The Bertz CT molecular complexity index is 625. The zero-order chi connectivity index (χ0) is 15.2. The Hall–Kier alpha value is -1.99. The summed E-state index contributed by atoms with van der Waals surface area (Å²) in [6, 6.07) is 3.79. The number of H-pyrrole nitrogens is 1. The van der Waals surface area contributed by atoms with Gasteiger partial charge in [-0.15, -0.1) is 0 Å². The van der Waals surface area contributed by atoms with Crippen molar-refractivity contribution in [1.29, 1.82) is 0 Å². The molecule has 1 aromatic heterocycles. The lowest BCUT2D eigenvalue weighted by molar-refractivity contribution is 0.323. The van der Waals surface area contributed by atoms with Crippen LogP contribution in [0.25, 0.3) is 0 Å². The normalized spacial score (nSPS) is 10.4. The van der Waals surface area contributed by atoms with Crippen LogP contribution in [0.1, 0.15) is 11.3 Å². The summed E-state index contributed by atoms with van der Waals surface area (Å²) in [7, 11) is 4.75. The fraction of sp³-hybridized carbons (Fsp3) is 0.357. The van der Waals surface area contributed by atoms with Gasteiger partial charge >= 0.3 is 4.87 Å². The second-order valence-corrected chi connectivity index (χ2v) is 5.15. The summed E-state index contributed by atoms with van der Waals surface area (Å²) in [4.78, 5) is 13.8. The van der Waals surface area contributed by atoms with Gasteiger partial charge in [0.2, 0.25) is 5.75 Å². The van der Waals surface area contributed by atoms with Gasteiger partial charge in [0.05, 0.1) is 21.3 Å². The van der Waals surface area contributed by atoms with E-state index in [0.717, 1.165) is 22.6 Å². The third kappa shape index (κ3) is 3.77. The summed E-state index contributed by atoms with van der Waals surface area (Å²) >= 11 is 1.16. The average Bonchev–Trinajstić information content (AvgIpc) is 2.91. The van der Waals surface area contributed by atoms with Gasteiger partial charge in [0.1, 0.15) is 0 Å². The van der Waals surface area contributed by atoms with Crippen molar-refractivity contribution in [3.05, 3.63) is 38.4 Å². The molecule has 0 aliphatic rings. The molecule has 6 nitrogen and oxygen atoms in total. The first-order valence-electron chi connectivity index (χ1n) is 6.34. The Balaban J connectivity index is 2.07. The summed E-state index contributed by atoms with van der Waals surface area (Å²) in [6.45, 7) is 1.21. The molecular weight excluding hydrogens is 292 g/mol. The van der Waals surface area contributed by atoms with Crippen LogP contribution in [0.4, 0.5) is 0 Å². The summed E-state index contributed by atoms with van der Waals surface area (Å²) in [6.07, 6.45) is 0. The molecule has 2 N–H and O–H groups in total. The van der Waals surface area contributed by atoms with Crippen LogP contribution in [0.5, 0.6) is 17.2 Å². The molecule has 0 aliphatic carbocycles. The highest BCUT2D eigenvalue weighted by molar-refractivity contribution is 7.07. The number of hydrogen-bond acceptors (Lipinski definition) is 6. The van der Waals surface area contributed by atoms with E-state index in [-0.39, 0.29) is 4.87 Å². The SMILES string of the molecule is COc1cc(CNCc2csc(=O)[nH]2)cc(OC)c1OC. The largest absolute Gasteiger partial charge is 0.493 e. The summed E-state index contributed by atoms with van der Waals surface area (Å²) < 4.78 is 15.9. The van der Waals surface area contributed by atoms with E-state index in [1.165, 1.54) is 0 Å². The molecule has 0 spiro atoms. The van der Waals surface area contributed by atoms with Crippen molar-refractivity contribution in [3.8, 4) is 17.2 Å². The molecule has 0 saturated heterocycles. The molecule has 114 valence electrons. The fourth-order valence-corrected chi connectivity index (χ4v) is 2.56. The highest BCUT2D eigenvalue weighted by atomic mass is 32.1. The molecule has 0 amide bonds. The van der Waals surface area contributed by atoms with Gasteiger partial charge in [-0.1, -0.05) is 11.3 Å². The molecule has 1 aromatic carbocycles. The van der Waals surface area contributed by atoms with E-state index in [1.807, 2.05) is 17.5 Å². The minimum absolute atomic E-state index is 0.0421. The minimum atomic E-state index is -0.0421. The van der Waals surface area contributed by atoms with Crippen molar-refractivity contribution in [2.75, 3.05) is 21.3 Å². The third-order valence-electron chi connectivity index (χ3n) is 2.94. The smallest absolute Gasteiger partial charge is 0.304 e. The minimum Gasteiger partial charge on any atom is -0.493 e. The lowest BCUT2D eigenvalue weighted by Gasteiger charge is -2.14. The quantitative estimate of drug-likeness (QED) is 0.815. The second-order valence-electron chi connectivity index (χ2n) is 4.31.